The predicted molar refractivity (Wildman–Crippen MR) is 116 cm³/mol. The summed E-state index contributed by atoms with van der Waals surface area (Å²) in [5.74, 6) is 0. The molecule has 0 bridgehead atoms. The largest absolute Gasteiger partial charge is 0.256 e. The second kappa shape index (κ2) is 6.60. The average Bonchev–Trinajstić information content (AvgIpc) is 2.72. The van der Waals surface area contributed by atoms with Gasteiger partial charge in [-0.1, -0.05) is 52.3 Å². The summed E-state index contributed by atoms with van der Waals surface area (Å²) in [5.41, 5.74) is 6.48. The molecule has 2 nitrogen and oxygen atoms in total. The molecule has 0 aliphatic rings. The van der Waals surface area contributed by atoms with Crippen LogP contribution in [-0.2, 0) is 0 Å². The number of para-hydroxylation sites is 2. The van der Waals surface area contributed by atoms with Crippen LogP contribution in [0.5, 0.6) is 0 Å². The van der Waals surface area contributed by atoms with Crippen molar-refractivity contribution in [1.82, 2.24) is 9.97 Å². The second-order valence-electron chi connectivity index (χ2n) is 6.56. The van der Waals surface area contributed by atoms with Gasteiger partial charge in [-0.15, -0.1) is 0 Å². The first-order valence-electron chi connectivity index (χ1n) is 8.77. The Bertz CT molecular complexity index is 1200. The van der Waals surface area contributed by atoms with Gasteiger partial charge in [-0.25, -0.2) is 0 Å². The van der Waals surface area contributed by atoms with Crippen molar-refractivity contribution in [1.29, 1.82) is 0 Å². The Labute approximate surface area is 165 Å². The Morgan fingerprint density at radius 2 is 1.00 bits per heavy atom. The van der Waals surface area contributed by atoms with Crippen molar-refractivity contribution in [3.63, 3.8) is 0 Å². The molecular formula is C24H15BrN2. The minimum Gasteiger partial charge on any atom is -0.256 e. The lowest BCUT2D eigenvalue weighted by molar-refractivity contribution is 1.40. The molecular weight excluding hydrogens is 396 g/mol. The highest BCUT2D eigenvalue weighted by atomic mass is 79.9. The van der Waals surface area contributed by atoms with E-state index in [9.17, 15) is 0 Å². The van der Waals surface area contributed by atoms with E-state index in [1.165, 1.54) is 0 Å². The molecule has 5 rings (SSSR count). The number of aromatic nitrogens is 2. The Balaban J connectivity index is 1.64. The Morgan fingerprint density at radius 1 is 0.519 bits per heavy atom. The van der Waals surface area contributed by atoms with Crippen molar-refractivity contribution in [3.8, 4) is 22.3 Å². The van der Waals surface area contributed by atoms with Gasteiger partial charge < -0.3 is 0 Å². The molecule has 0 saturated carbocycles. The van der Waals surface area contributed by atoms with E-state index in [1.54, 1.807) is 0 Å². The van der Waals surface area contributed by atoms with Gasteiger partial charge in [0.15, 0.2) is 0 Å². The minimum absolute atomic E-state index is 1.01. The third kappa shape index (κ3) is 3.11. The van der Waals surface area contributed by atoms with Gasteiger partial charge in [0.05, 0.1) is 11.0 Å². The molecule has 0 unspecified atom stereocenters. The zero-order valence-electron chi connectivity index (χ0n) is 14.4. The minimum atomic E-state index is 1.01. The van der Waals surface area contributed by atoms with Crippen LogP contribution in [0.1, 0.15) is 0 Å². The fourth-order valence-electron chi connectivity index (χ4n) is 3.38. The van der Waals surface area contributed by atoms with E-state index in [4.69, 9.17) is 0 Å². The van der Waals surface area contributed by atoms with Gasteiger partial charge in [0, 0.05) is 38.8 Å². The molecule has 0 aliphatic carbocycles. The van der Waals surface area contributed by atoms with E-state index in [0.717, 1.165) is 48.5 Å². The maximum absolute atomic E-state index is 4.60. The lowest BCUT2D eigenvalue weighted by atomic mass is 9.99. The number of hydrogen-bond donors (Lipinski definition) is 0. The first kappa shape index (κ1) is 16.2. The van der Waals surface area contributed by atoms with Crippen molar-refractivity contribution in [2.45, 2.75) is 0 Å². The number of benzene rings is 3. The number of halogens is 1. The number of hydrogen-bond acceptors (Lipinski definition) is 2. The van der Waals surface area contributed by atoms with Crippen LogP contribution >= 0.6 is 15.9 Å². The van der Waals surface area contributed by atoms with Crippen molar-refractivity contribution in [2.24, 2.45) is 0 Å². The highest BCUT2D eigenvalue weighted by Gasteiger charge is 2.07. The Hall–Kier alpha value is -3.04. The quantitative estimate of drug-likeness (QED) is 0.316. The normalized spacial score (nSPS) is 11.1. The summed E-state index contributed by atoms with van der Waals surface area (Å²) in [7, 11) is 0. The first-order chi connectivity index (χ1) is 13.3. The van der Waals surface area contributed by atoms with Gasteiger partial charge in [0.2, 0.25) is 0 Å². The average molecular weight is 411 g/mol. The van der Waals surface area contributed by atoms with E-state index in [1.807, 2.05) is 48.8 Å². The van der Waals surface area contributed by atoms with Crippen LogP contribution in [0, 0.1) is 0 Å². The van der Waals surface area contributed by atoms with Gasteiger partial charge in [-0.2, -0.15) is 0 Å². The maximum atomic E-state index is 4.60. The molecule has 3 aromatic carbocycles. The van der Waals surface area contributed by atoms with Crippen LogP contribution in [0.25, 0.3) is 44.1 Å². The molecule has 3 heteroatoms. The van der Waals surface area contributed by atoms with Gasteiger partial charge in [-0.05, 0) is 53.6 Å². The molecule has 0 radical (unpaired) electrons. The standard InChI is InChI=1S/C24H15BrN2/c25-22-12-18(20-9-16-5-1-3-7-23(16)26-14-20)11-19(13-22)21-10-17-6-2-4-8-24(17)27-15-21/h1-15H. The zero-order chi connectivity index (χ0) is 18.2. The van der Waals surface area contributed by atoms with Crippen molar-refractivity contribution in [3.05, 3.63) is 95.7 Å². The molecule has 5 aromatic rings. The van der Waals surface area contributed by atoms with Crippen LogP contribution in [0.3, 0.4) is 0 Å². The van der Waals surface area contributed by atoms with Crippen LogP contribution in [-0.4, -0.2) is 9.97 Å². The van der Waals surface area contributed by atoms with E-state index in [0.29, 0.717) is 0 Å². The van der Waals surface area contributed by atoms with Gasteiger partial charge >= 0.3 is 0 Å². The number of rotatable bonds is 2. The van der Waals surface area contributed by atoms with E-state index in [2.05, 4.69) is 68.4 Å². The summed E-state index contributed by atoms with van der Waals surface area (Å²) in [6, 6.07) is 27.2. The fourth-order valence-corrected chi connectivity index (χ4v) is 3.87. The third-order valence-corrected chi connectivity index (χ3v) is 5.20. The predicted octanol–water partition coefficient (Wildman–Crippen LogP) is 6.88. The monoisotopic (exact) mass is 410 g/mol. The van der Waals surface area contributed by atoms with Gasteiger partial charge in [-0.3, -0.25) is 9.97 Å². The van der Waals surface area contributed by atoms with Crippen LogP contribution in [0.15, 0.2) is 95.7 Å². The Kier molecular flexibility index (Phi) is 3.95. The SMILES string of the molecule is Brc1cc(-c2cnc3ccccc3c2)cc(-c2cnc3ccccc3c2)c1. The summed E-state index contributed by atoms with van der Waals surface area (Å²) >= 11 is 3.67. The zero-order valence-corrected chi connectivity index (χ0v) is 16.0. The first-order valence-corrected chi connectivity index (χ1v) is 9.56. The van der Waals surface area contributed by atoms with Gasteiger partial charge in [0.1, 0.15) is 0 Å². The summed E-state index contributed by atoms with van der Waals surface area (Å²) < 4.78 is 1.04. The summed E-state index contributed by atoms with van der Waals surface area (Å²) in [6.45, 7) is 0. The molecule has 0 N–H and O–H groups in total. The topological polar surface area (TPSA) is 25.8 Å². The highest BCUT2D eigenvalue weighted by Crippen LogP contribution is 2.32. The fraction of sp³-hybridized carbons (Fsp3) is 0. The van der Waals surface area contributed by atoms with Crippen LogP contribution in [0.2, 0.25) is 0 Å². The maximum Gasteiger partial charge on any atom is 0.0702 e. The summed E-state index contributed by atoms with van der Waals surface area (Å²) in [6.07, 6.45) is 3.87. The molecule has 2 aromatic heterocycles. The van der Waals surface area contributed by atoms with Crippen LogP contribution < -0.4 is 0 Å². The van der Waals surface area contributed by atoms with Crippen molar-refractivity contribution < 1.29 is 0 Å². The number of nitrogens with zero attached hydrogens (tertiary/aromatic N) is 2. The summed E-state index contributed by atoms with van der Waals surface area (Å²) in [4.78, 5) is 9.21. The summed E-state index contributed by atoms with van der Waals surface area (Å²) in [5, 5.41) is 2.28. The van der Waals surface area contributed by atoms with E-state index >= 15 is 0 Å². The lowest BCUT2D eigenvalue weighted by Gasteiger charge is -2.09. The molecule has 27 heavy (non-hydrogen) atoms. The lowest BCUT2D eigenvalue weighted by Crippen LogP contribution is -1.87. The Morgan fingerprint density at radius 3 is 1.52 bits per heavy atom. The number of pyridine rings is 2. The molecule has 0 amide bonds. The number of fused-ring (bicyclic) bond motifs is 2. The smallest absolute Gasteiger partial charge is 0.0702 e. The van der Waals surface area contributed by atoms with E-state index in [-0.39, 0.29) is 0 Å². The molecule has 0 spiro atoms. The van der Waals surface area contributed by atoms with Crippen LogP contribution in [0.4, 0.5) is 0 Å². The molecule has 128 valence electrons. The van der Waals surface area contributed by atoms with Crippen molar-refractivity contribution >= 4 is 37.7 Å². The molecule has 0 saturated heterocycles. The molecule has 0 fully saturated rings. The third-order valence-electron chi connectivity index (χ3n) is 4.75. The highest BCUT2D eigenvalue weighted by molar-refractivity contribution is 9.10. The van der Waals surface area contributed by atoms with Crippen molar-refractivity contribution in [2.75, 3.05) is 0 Å². The molecule has 0 aliphatic heterocycles. The van der Waals surface area contributed by atoms with E-state index < -0.39 is 0 Å². The molecule has 0 atom stereocenters. The molecule has 2 heterocycles. The second-order valence-corrected chi connectivity index (χ2v) is 7.48. The van der Waals surface area contributed by atoms with Gasteiger partial charge in [0.25, 0.3) is 0 Å².